The summed E-state index contributed by atoms with van der Waals surface area (Å²) in [5.74, 6) is -1.03. The average Bonchev–Trinajstić information content (AvgIpc) is 3.32. The molecule has 8 heteroatoms. The van der Waals surface area contributed by atoms with E-state index in [-0.39, 0.29) is 40.3 Å². The molecule has 0 radical (unpaired) electrons. The Kier molecular flexibility index (Phi) is 6.56. The molecule has 3 aromatic rings. The first-order valence-electron chi connectivity index (χ1n) is 13.1. The highest BCUT2D eigenvalue weighted by Gasteiger charge is 2.65. The van der Waals surface area contributed by atoms with Gasteiger partial charge in [0.25, 0.3) is 10.0 Å². The van der Waals surface area contributed by atoms with Gasteiger partial charge in [-0.3, -0.25) is 9.10 Å². The van der Waals surface area contributed by atoms with E-state index in [1.54, 1.807) is 53.9 Å². The Morgan fingerprint density at radius 2 is 1.31 bits per heavy atom. The highest BCUT2D eigenvalue weighted by atomic mass is 35.5. The van der Waals surface area contributed by atoms with Crippen LogP contribution in [0.4, 0.5) is 0 Å². The van der Waals surface area contributed by atoms with E-state index in [0.29, 0.717) is 21.5 Å². The second kappa shape index (κ2) is 9.69. The molecule has 5 nitrogen and oxygen atoms in total. The summed E-state index contributed by atoms with van der Waals surface area (Å²) < 4.78 is 36.5. The fourth-order valence-electron chi connectivity index (χ4n) is 7.35. The summed E-state index contributed by atoms with van der Waals surface area (Å²) in [5, 5.41) is 1.20. The lowest BCUT2D eigenvalue weighted by molar-refractivity contribution is -0.126. The highest BCUT2D eigenvalue weighted by Crippen LogP contribution is 2.64. The van der Waals surface area contributed by atoms with Gasteiger partial charge in [0.15, 0.2) is 0 Å². The van der Waals surface area contributed by atoms with Crippen LogP contribution in [0, 0.1) is 29.6 Å². The Labute approximate surface area is 239 Å². The number of carbonyl (C=O) groups excluding carboxylic acids is 1. The van der Waals surface area contributed by atoms with Gasteiger partial charge in [0.1, 0.15) is 11.5 Å². The van der Waals surface area contributed by atoms with Gasteiger partial charge in [0.2, 0.25) is 0 Å². The summed E-state index contributed by atoms with van der Waals surface area (Å²) in [7, 11) is -2.46. The van der Waals surface area contributed by atoms with Gasteiger partial charge in [-0.25, -0.2) is 8.42 Å². The minimum absolute atomic E-state index is 0.0241. The molecule has 1 aliphatic heterocycles. The number of fused-ring (bicyclic) bond motifs is 4. The van der Waals surface area contributed by atoms with Gasteiger partial charge < -0.3 is 4.74 Å². The number of carbonyl (C=O) groups is 1. The maximum atomic E-state index is 14.4. The normalized spacial score (nSPS) is 30.0. The Hall–Kier alpha value is -2.80. The molecule has 0 unspecified atom stereocenters. The van der Waals surface area contributed by atoms with E-state index >= 15 is 0 Å². The topological polar surface area (TPSA) is 63.7 Å². The van der Waals surface area contributed by atoms with E-state index in [4.69, 9.17) is 27.9 Å². The molecule has 0 amide bonds. The number of benzene rings is 3. The third-order valence-corrected chi connectivity index (χ3v) is 11.2. The highest BCUT2D eigenvalue weighted by molar-refractivity contribution is 7.89. The summed E-state index contributed by atoms with van der Waals surface area (Å²) in [6, 6.07) is 22.8. The van der Waals surface area contributed by atoms with Crippen molar-refractivity contribution in [3.63, 3.8) is 0 Å². The van der Waals surface area contributed by atoms with E-state index in [9.17, 15) is 13.2 Å². The average molecular weight is 583 g/mol. The summed E-state index contributed by atoms with van der Waals surface area (Å²) in [6.45, 7) is 4.16. The number of Topliss-reactive ketones (excluding diaryl/α,β-unsaturated/α-hetero) is 1. The second-order valence-electron chi connectivity index (χ2n) is 10.8. The van der Waals surface area contributed by atoms with E-state index in [1.165, 1.54) is 0 Å². The minimum atomic E-state index is -4.00. The number of hydrogen-bond donors (Lipinski definition) is 0. The minimum Gasteiger partial charge on any atom is -0.498 e. The first-order valence-corrected chi connectivity index (χ1v) is 15.3. The number of halogens is 2. The summed E-state index contributed by atoms with van der Waals surface area (Å²) in [5.41, 5.74) is 2.43. The summed E-state index contributed by atoms with van der Waals surface area (Å²) >= 11 is 12.4. The molecule has 1 saturated carbocycles. The molecule has 1 saturated heterocycles. The molecule has 3 aliphatic rings. The van der Waals surface area contributed by atoms with E-state index in [2.05, 4.69) is 6.92 Å². The molecular formula is C31H29Cl2NO4S. The van der Waals surface area contributed by atoms with Crippen LogP contribution in [0.3, 0.4) is 0 Å². The third-order valence-electron chi connectivity index (χ3n) is 8.91. The van der Waals surface area contributed by atoms with Crippen molar-refractivity contribution in [3.05, 3.63) is 111 Å². The number of sulfonamides is 1. The van der Waals surface area contributed by atoms with Gasteiger partial charge in [-0.2, -0.15) is 0 Å². The fourth-order valence-corrected chi connectivity index (χ4v) is 9.41. The van der Waals surface area contributed by atoms with Crippen molar-refractivity contribution < 1.29 is 17.9 Å². The quantitative estimate of drug-likeness (QED) is 0.322. The van der Waals surface area contributed by atoms with Crippen molar-refractivity contribution in [1.82, 2.24) is 4.31 Å². The van der Waals surface area contributed by atoms with Crippen molar-refractivity contribution in [2.45, 2.75) is 30.7 Å². The van der Waals surface area contributed by atoms with Gasteiger partial charge in [-0.05, 0) is 59.4 Å². The molecule has 39 heavy (non-hydrogen) atoms. The van der Waals surface area contributed by atoms with Crippen LogP contribution in [0.1, 0.15) is 36.9 Å². The number of ether oxygens (including phenoxy) is 1. The van der Waals surface area contributed by atoms with Crippen molar-refractivity contribution >= 4 is 39.0 Å². The predicted molar refractivity (Wildman–Crippen MR) is 152 cm³/mol. The van der Waals surface area contributed by atoms with Crippen LogP contribution < -0.4 is 0 Å². The van der Waals surface area contributed by atoms with Crippen molar-refractivity contribution in [1.29, 1.82) is 0 Å². The number of rotatable bonds is 5. The largest absolute Gasteiger partial charge is 0.498 e. The molecular weight excluding hydrogens is 553 g/mol. The molecule has 2 fully saturated rings. The third kappa shape index (κ3) is 3.94. The molecule has 2 bridgehead atoms. The fraction of sp³-hybridized carbons (Fsp3) is 0.323. The predicted octanol–water partition coefficient (Wildman–Crippen LogP) is 7.10. The zero-order valence-corrected chi connectivity index (χ0v) is 24.1. The van der Waals surface area contributed by atoms with Crippen molar-refractivity contribution in [2.24, 2.45) is 29.6 Å². The lowest BCUT2D eigenvalue weighted by Gasteiger charge is -2.33. The maximum absolute atomic E-state index is 14.4. The molecule has 0 aromatic heterocycles. The standard InChI is InChI=1S/C31H29Cl2NO4S/c1-17-24(19-9-13-21(32)14-10-19)27-30(35)26(17)25-18(2)28(20-11-15-22(33)16-12-20)34(29(25)31(27)38-3)39(36,37)23-7-5-4-6-8-23/h4-18,24-28H,1-3H3/t17-,18+,24+,25-,26-,27-,28+/m1/s1. The molecule has 0 spiro atoms. The van der Waals surface area contributed by atoms with Crippen LogP contribution in [-0.2, 0) is 19.6 Å². The first kappa shape index (κ1) is 26.4. The van der Waals surface area contributed by atoms with Gasteiger partial charge in [0.05, 0.1) is 29.7 Å². The molecule has 2 aliphatic carbocycles. The van der Waals surface area contributed by atoms with Crippen LogP contribution in [-0.4, -0.2) is 25.6 Å². The lowest BCUT2D eigenvalue weighted by Crippen LogP contribution is -2.37. The van der Waals surface area contributed by atoms with Gasteiger partial charge in [-0.15, -0.1) is 0 Å². The number of allylic oxidation sites excluding steroid dienone is 2. The van der Waals surface area contributed by atoms with Crippen LogP contribution in [0.2, 0.25) is 10.0 Å². The van der Waals surface area contributed by atoms with Crippen LogP contribution >= 0.6 is 23.2 Å². The summed E-state index contributed by atoms with van der Waals surface area (Å²) in [4.78, 5) is 14.3. The summed E-state index contributed by atoms with van der Waals surface area (Å²) in [6.07, 6.45) is 0. The smallest absolute Gasteiger partial charge is 0.264 e. The van der Waals surface area contributed by atoms with Crippen LogP contribution in [0.5, 0.6) is 0 Å². The zero-order chi connectivity index (χ0) is 27.6. The Balaban J connectivity index is 1.60. The van der Waals surface area contributed by atoms with Gasteiger partial charge in [0, 0.05) is 27.8 Å². The maximum Gasteiger partial charge on any atom is 0.264 e. The SMILES string of the molecule is COC1=C2[C@H]([C@H](C)[C@@H](c3ccc(Cl)cc3)N2S(=O)(=O)c2ccccc2)[C@@H]2C(=O)[C@H]1[C@H](c1ccc(Cl)cc1)[C@H]2C. The Morgan fingerprint density at radius 3 is 1.87 bits per heavy atom. The van der Waals surface area contributed by atoms with Crippen LogP contribution in [0.15, 0.2) is 95.2 Å². The molecule has 0 N–H and O–H groups in total. The van der Waals surface area contributed by atoms with E-state index in [1.807, 2.05) is 43.3 Å². The molecule has 7 atom stereocenters. The second-order valence-corrected chi connectivity index (χ2v) is 13.5. The lowest BCUT2D eigenvalue weighted by atomic mass is 9.72. The molecule has 6 rings (SSSR count). The molecule has 3 aromatic carbocycles. The first-order chi connectivity index (χ1) is 18.7. The van der Waals surface area contributed by atoms with E-state index in [0.717, 1.165) is 11.1 Å². The number of ketones is 1. The number of methoxy groups -OCH3 is 1. The van der Waals surface area contributed by atoms with Crippen molar-refractivity contribution in [3.8, 4) is 0 Å². The number of nitrogens with zero attached hydrogens (tertiary/aromatic N) is 1. The zero-order valence-electron chi connectivity index (χ0n) is 21.8. The molecule has 1 heterocycles. The van der Waals surface area contributed by atoms with Crippen molar-refractivity contribution in [2.75, 3.05) is 7.11 Å². The van der Waals surface area contributed by atoms with Gasteiger partial charge in [-0.1, -0.05) is 79.5 Å². The van der Waals surface area contributed by atoms with Crippen LogP contribution in [0.25, 0.3) is 0 Å². The Bertz CT molecular complexity index is 1550. The monoisotopic (exact) mass is 581 g/mol. The van der Waals surface area contributed by atoms with Gasteiger partial charge >= 0.3 is 0 Å². The Morgan fingerprint density at radius 1 is 0.744 bits per heavy atom. The molecule has 202 valence electrons. The van der Waals surface area contributed by atoms with E-state index < -0.39 is 22.0 Å². The number of hydrogen-bond acceptors (Lipinski definition) is 4.